The third kappa shape index (κ3) is 1.87. The first-order valence-corrected chi connectivity index (χ1v) is 5.53. The number of rotatable bonds is 0. The van der Waals surface area contributed by atoms with Gasteiger partial charge in [-0.15, -0.1) is 0 Å². The minimum atomic E-state index is 0.664. The number of benzene rings is 1. The van der Waals surface area contributed by atoms with Crippen LogP contribution in [0.15, 0.2) is 33.3 Å². The van der Waals surface area contributed by atoms with Crippen LogP contribution in [0.25, 0.3) is 10.9 Å². The number of aromatic nitrogens is 1. The lowest BCUT2D eigenvalue weighted by Crippen LogP contribution is -1.80. The predicted molar refractivity (Wildman–Crippen MR) is 62.2 cm³/mol. The zero-order valence-electron chi connectivity index (χ0n) is 6.39. The number of hydrogen-bond donors (Lipinski definition) is 0. The Hall–Kier alpha value is -0.120. The molecule has 0 unspecified atom stereocenters. The van der Waals surface area contributed by atoms with E-state index in [-0.39, 0.29) is 0 Å². The summed E-state index contributed by atoms with van der Waals surface area (Å²) in [6.45, 7) is 0. The lowest BCUT2D eigenvalue weighted by molar-refractivity contribution is 1.39. The summed E-state index contributed by atoms with van der Waals surface area (Å²) in [5.74, 6) is 0. The zero-order valence-corrected chi connectivity index (χ0v) is 10.3. The van der Waals surface area contributed by atoms with Crippen LogP contribution in [0.3, 0.4) is 0 Å². The quantitative estimate of drug-likeness (QED) is 0.700. The Morgan fingerprint density at radius 2 is 1.77 bits per heavy atom. The molecule has 0 aliphatic heterocycles. The Morgan fingerprint density at radius 1 is 1.08 bits per heavy atom. The number of fused-ring (bicyclic) bond motifs is 1. The van der Waals surface area contributed by atoms with E-state index in [1.165, 1.54) is 0 Å². The highest BCUT2D eigenvalue weighted by atomic mass is 79.9. The summed E-state index contributed by atoms with van der Waals surface area (Å²) >= 11 is 12.7. The predicted octanol–water partition coefficient (Wildman–Crippen LogP) is 4.41. The van der Waals surface area contributed by atoms with E-state index in [9.17, 15) is 0 Å². The molecular weight excluding hydrogens is 317 g/mol. The molecule has 1 heterocycles. The van der Waals surface area contributed by atoms with E-state index >= 15 is 0 Å². The lowest BCUT2D eigenvalue weighted by Gasteiger charge is -2.00. The molecule has 0 saturated heterocycles. The Morgan fingerprint density at radius 3 is 2.54 bits per heavy atom. The van der Waals surface area contributed by atoms with Gasteiger partial charge in [-0.2, -0.15) is 0 Å². The smallest absolute Gasteiger partial charge is 0.0889 e. The molecule has 0 spiro atoms. The van der Waals surface area contributed by atoms with Crippen LogP contribution in [-0.4, -0.2) is 4.98 Å². The van der Waals surface area contributed by atoms with Crippen LogP contribution in [0.5, 0.6) is 0 Å². The van der Waals surface area contributed by atoms with Crippen molar-refractivity contribution in [3.05, 3.63) is 38.4 Å². The van der Waals surface area contributed by atoms with Crippen molar-refractivity contribution >= 4 is 54.4 Å². The van der Waals surface area contributed by atoms with E-state index in [0.717, 1.165) is 19.8 Å². The van der Waals surface area contributed by atoms with Gasteiger partial charge in [0, 0.05) is 20.5 Å². The largest absolute Gasteiger partial charge is 0.254 e. The summed E-state index contributed by atoms with van der Waals surface area (Å²) in [6, 6.07) is 5.81. The normalized spacial score (nSPS) is 10.7. The fourth-order valence-corrected chi connectivity index (χ4v) is 2.38. The van der Waals surface area contributed by atoms with Gasteiger partial charge in [0.15, 0.2) is 0 Å². The second kappa shape index (κ2) is 3.56. The maximum atomic E-state index is 6.01. The Labute approximate surface area is 97.4 Å². The van der Waals surface area contributed by atoms with Crippen LogP contribution in [0.4, 0.5) is 0 Å². The Balaban J connectivity index is 2.86. The van der Waals surface area contributed by atoms with Gasteiger partial charge in [-0.05, 0) is 34.1 Å². The maximum absolute atomic E-state index is 6.01. The lowest BCUT2D eigenvalue weighted by atomic mass is 10.2. The van der Waals surface area contributed by atoms with E-state index < -0.39 is 0 Å². The van der Waals surface area contributed by atoms with Gasteiger partial charge in [-0.3, -0.25) is 4.98 Å². The average Bonchev–Trinajstić information content (AvgIpc) is 2.02. The highest BCUT2D eigenvalue weighted by Crippen LogP contribution is 2.27. The molecule has 0 aliphatic rings. The van der Waals surface area contributed by atoms with Crippen LogP contribution in [0, 0.1) is 0 Å². The van der Waals surface area contributed by atoms with Crippen LogP contribution in [0.1, 0.15) is 0 Å². The highest BCUT2D eigenvalue weighted by Gasteiger charge is 2.02. The molecule has 0 N–H and O–H groups in total. The fourth-order valence-electron chi connectivity index (χ4n) is 1.14. The molecule has 13 heavy (non-hydrogen) atoms. The van der Waals surface area contributed by atoms with E-state index in [1.807, 2.05) is 18.2 Å². The molecule has 0 aliphatic carbocycles. The SMILES string of the molecule is Clc1cc(Br)cc2cc(Br)cnc12. The summed E-state index contributed by atoms with van der Waals surface area (Å²) in [5.41, 5.74) is 0.827. The molecule has 0 fully saturated rings. The van der Waals surface area contributed by atoms with Crippen LogP contribution in [-0.2, 0) is 0 Å². The fraction of sp³-hybridized carbons (Fsp3) is 0. The van der Waals surface area contributed by atoms with Crippen LogP contribution in [0.2, 0.25) is 5.02 Å². The molecular formula is C9H4Br2ClN. The minimum absolute atomic E-state index is 0.664. The summed E-state index contributed by atoms with van der Waals surface area (Å²) in [5, 5.41) is 1.69. The molecule has 1 aromatic heterocycles. The van der Waals surface area contributed by atoms with Gasteiger partial charge in [0.2, 0.25) is 0 Å². The van der Waals surface area contributed by atoms with E-state index in [4.69, 9.17) is 11.6 Å². The van der Waals surface area contributed by atoms with E-state index in [0.29, 0.717) is 5.02 Å². The standard InChI is InChI=1S/C9H4Br2ClN/c10-6-1-5-2-7(11)4-13-9(5)8(12)3-6/h1-4H. The molecule has 0 amide bonds. The van der Waals surface area contributed by atoms with Crippen LogP contribution >= 0.6 is 43.5 Å². The number of pyridine rings is 1. The average molecular weight is 321 g/mol. The van der Waals surface area contributed by atoms with Crippen molar-refractivity contribution in [3.63, 3.8) is 0 Å². The van der Waals surface area contributed by atoms with Crippen molar-refractivity contribution in [1.82, 2.24) is 4.98 Å². The second-order valence-corrected chi connectivity index (χ2v) is 4.85. The van der Waals surface area contributed by atoms with Crippen molar-refractivity contribution < 1.29 is 0 Å². The Kier molecular flexibility index (Phi) is 2.58. The summed E-state index contributed by atoms with van der Waals surface area (Å²) in [6.07, 6.45) is 1.74. The molecule has 4 heteroatoms. The van der Waals surface area contributed by atoms with Gasteiger partial charge in [-0.25, -0.2) is 0 Å². The third-order valence-electron chi connectivity index (χ3n) is 1.67. The molecule has 2 aromatic rings. The second-order valence-electron chi connectivity index (χ2n) is 2.61. The highest BCUT2D eigenvalue weighted by molar-refractivity contribution is 9.10. The van der Waals surface area contributed by atoms with Crippen LogP contribution < -0.4 is 0 Å². The van der Waals surface area contributed by atoms with Gasteiger partial charge in [0.05, 0.1) is 10.5 Å². The monoisotopic (exact) mass is 319 g/mol. The molecule has 2 rings (SSSR count). The number of halogens is 3. The molecule has 0 atom stereocenters. The summed E-state index contributed by atoms with van der Waals surface area (Å²) in [4.78, 5) is 4.22. The van der Waals surface area contributed by atoms with Gasteiger partial charge >= 0.3 is 0 Å². The molecule has 0 radical (unpaired) electrons. The van der Waals surface area contributed by atoms with Crippen molar-refractivity contribution in [2.45, 2.75) is 0 Å². The van der Waals surface area contributed by atoms with Crippen molar-refractivity contribution in [2.24, 2.45) is 0 Å². The number of nitrogens with zero attached hydrogens (tertiary/aromatic N) is 1. The first-order chi connectivity index (χ1) is 6.16. The van der Waals surface area contributed by atoms with Gasteiger partial charge in [0.1, 0.15) is 0 Å². The molecule has 1 nitrogen and oxygen atoms in total. The molecule has 0 saturated carbocycles. The first-order valence-electron chi connectivity index (χ1n) is 3.57. The van der Waals surface area contributed by atoms with Gasteiger partial charge < -0.3 is 0 Å². The topological polar surface area (TPSA) is 12.9 Å². The minimum Gasteiger partial charge on any atom is -0.254 e. The molecule has 0 bridgehead atoms. The van der Waals surface area contributed by atoms with Crippen molar-refractivity contribution in [2.75, 3.05) is 0 Å². The first kappa shape index (κ1) is 9.44. The summed E-state index contributed by atoms with van der Waals surface area (Å²) in [7, 11) is 0. The molecule has 1 aromatic carbocycles. The van der Waals surface area contributed by atoms with E-state index in [1.54, 1.807) is 6.20 Å². The van der Waals surface area contributed by atoms with Crippen molar-refractivity contribution in [3.8, 4) is 0 Å². The zero-order chi connectivity index (χ0) is 9.42. The van der Waals surface area contributed by atoms with Gasteiger partial charge in [-0.1, -0.05) is 27.5 Å². The maximum Gasteiger partial charge on any atom is 0.0889 e. The molecule has 66 valence electrons. The third-order valence-corrected chi connectivity index (χ3v) is 2.85. The van der Waals surface area contributed by atoms with E-state index in [2.05, 4.69) is 36.8 Å². The van der Waals surface area contributed by atoms with Crippen molar-refractivity contribution in [1.29, 1.82) is 0 Å². The Bertz CT molecular complexity index is 465. The summed E-state index contributed by atoms with van der Waals surface area (Å²) < 4.78 is 1.92. The van der Waals surface area contributed by atoms with Gasteiger partial charge in [0.25, 0.3) is 0 Å². The number of hydrogen-bond acceptors (Lipinski definition) is 1.